The Labute approximate surface area is 118 Å². The SMILES string of the molecule is Cc1nc(C)c(CNc2cc(Cl)ccc2Br)s1. The fourth-order valence-corrected chi connectivity index (χ4v) is 2.98. The number of nitrogens with zero attached hydrogens (tertiary/aromatic N) is 1. The van der Waals surface area contributed by atoms with Gasteiger partial charge in [-0.15, -0.1) is 11.3 Å². The Morgan fingerprint density at radius 2 is 2.18 bits per heavy atom. The van der Waals surface area contributed by atoms with E-state index in [4.69, 9.17) is 11.6 Å². The highest BCUT2D eigenvalue weighted by molar-refractivity contribution is 9.10. The predicted molar refractivity (Wildman–Crippen MR) is 78.1 cm³/mol. The standard InChI is InChI=1S/C12H12BrClN2S/c1-7-12(17-8(2)16-7)6-15-11-5-9(14)3-4-10(11)13/h3-5,15H,6H2,1-2H3. The number of aryl methyl sites for hydroxylation is 2. The van der Waals surface area contributed by atoms with Crippen molar-refractivity contribution >= 4 is 44.6 Å². The molecule has 0 aliphatic heterocycles. The molecule has 0 spiro atoms. The molecule has 2 aromatic rings. The summed E-state index contributed by atoms with van der Waals surface area (Å²) in [5.74, 6) is 0. The second-order valence-corrected chi connectivity index (χ2v) is 6.30. The van der Waals surface area contributed by atoms with E-state index in [0.29, 0.717) is 0 Å². The van der Waals surface area contributed by atoms with Crippen molar-refractivity contribution in [1.82, 2.24) is 4.98 Å². The maximum Gasteiger partial charge on any atom is 0.0900 e. The fourth-order valence-electron chi connectivity index (χ4n) is 1.55. The van der Waals surface area contributed by atoms with Gasteiger partial charge in [0.05, 0.1) is 22.9 Å². The summed E-state index contributed by atoms with van der Waals surface area (Å²) >= 11 is 11.2. The smallest absolute Gasteiger partial charge is 0.0900 e. The molecule has 0 saturated carbocycles. The maximum absolute atomic E-state index is 5.96. The van der Waals surface area contributed by atoms with Crippen LogP contribution >= 0.6 is 38.9 Å². The number of nitrogens with one attached hydrogen (secondary N) is 1. The molecule has 1 N–H and O–H groups in total. The fraction of sp³-hybridized carbons (Fsp3) is 0.250. The van der Waals surface area contributed by atoms with Crippen LogP contribution in [-0.2, 0) is 6.54 Å². The number of thiazole rings is 1. The van der Waals surface area contributed by atoms with Gasteiger partial charge in [-0.1, -0.05) is 11.6 Å². The van der Waals surface area contributed by atoms with E-state index in [1.165, 1.54) is 4.88 Å². The molecule has 0 unspecified atom stereocenters. The number of benzene rings is 1. The molecule has 17 heavy (non-hydrogen) atoms. The molecule has 90 valence electrons. The topological polar surface area (TPSA) is 24.9 Å². The Hall–Kier alpha value is -0.580. The summed E-state index contributed by atoms with van der Waals surface area (Å²) in [4.78, 5) is 5.66. The van der Waals surface area contributed by atoms with Gasteiger partial charge in [0.25, 0.3) is 0 Å². The number of halogens is 2. The molecule has 2 nitrogen and oxygen atoms in total. The zero-order valence-corrected chi connectivity index (χ0v) is 12.7. The maximum atomic E-state index is 5.96. The van der Waals surface area contributed by atoms with Gasteiger partial charge in [-0.3, -0.25) is 0 Å². The van der Waals surface area contributed by atoms with Gasteiger partial charge in [-0.25, -0.2) is 4.98 Å². The van der Waals surface area contributed by atoms with Crippen molar-refractivity contribution in [3.05, 3.63) is 43.3 Å². The number of hydrogen-bond donors (Lipinski definition) is 1. The number of hydrogen-bond acceptors (Lipinski definition) is 3. The first-order valence-corrected chi connectivity index (χ1v) is 7.17. The summed E-state index contributed by atoms with van der Waals surface area (Å²) in [5, 5.41) is 5.19. The van der Waals surface area contributed by atoms with Crippen LogP contribution < -0.4 is 5.32 Å². The number of aromatic nitrogens is 1. The minimum atomic E-state index is 0.730. The van der Waals surface area contributed by atoms with Gasteiger partial charge >= 0.3 is 0 Å². The van der Waals surface area contributed by atoms with E-state index in [-0.39, 0.29) is 0 Å². The van der Waals surface area contributed by atoms with Gasteiger partial charge in [0.1, 0.15) is 0 Å². The lowest BCUT2D eigenvalue weighted by molar-refractivity contribution is 1.11. The highest BCUT2D eigenvalue weighted by Crippen LogP contribution is 2.27. The van der Waals surface area contributed by atoms with Crippen LogP contribution in [0, 0.1) is 13.8 Å². The van der Waals surface area contributed by atoms with Crippen molar-refractivity contribution < 1.29 is 0 Å². The Morgan fingerprint density at radius 1 is 1.41 bits per heavy atom. The highest BCUT2D eigenvalue weighted by Gasteiger charge is 2.06. The van der Waals surface area contributed by atoms with E-state index in [2.05, 4.69) is 26.2 Å². The van der Waals surface area contributed by atoms with E-state index in [1.807, 2.05) is 32.0 Å². The van der Waals surface area contributed by atoms with E-state index < -0.39 is 0 Å². The van der Waals surface area contributed by atoms with Crippen molar-refractivity contribution in [3.63, 3.8) is 0 Å². The Kier molecular flexibility index (Phi) is 4.07. The van der Waals surface area contributed by atoms with Crippen LogP contribution in [0.1, 0.15) is 15.6 Å². The van der Waals surface area contributed by atoms with E-state index >= 15 is 0 Å². The molecule has 0 saturated heterocycles. The molecule has 0 radical (unpaired) electrons. The molecule has 1 heterocycles. The highest BCUT2D eigenvalue weighted by atomic mass is 79.9. The third kappa shape index (κ3) is 3.21. The normalized spacial score (nSPS) is 10.6. The molecule has 0 atom stereocenters. The summed E-state index contributed by atoms with van der Waals surface area (Å²) in [6, 6.07) is 5.71. The van der Waals surface area contributed by atoms with Crippen LogP contribution in [0.15, 0.2) is 22.7 Å². The Morgan fingerprint density at radius 3 is 2.82 bits per heavy atom. The zero-order chi connectivity index (χ0) is 12.4. The molecule has 0 aliphatic rings. The van der Waals surface area contributed by atoms with Crippen molar-refractivity contribution in [2.75, 3.05) is 5.32 Å². The van der Waals surface area contributed by atoms with Crippen LogP contribution in [-0.4, -0.2) is 4.98 Å². The molecule has 0 fully saturated rings. The molecular formula is C12H12BrClN2S. The summed E-state index contributed by atoms with van der Waals surface area (Å²) in [6.45, 7) is 4.83. The lowest BCUT2D eigenvalue weighted by Gasteiger charge is -2.08. The van der Waals surface area contributed by atoms with E-state index in [1.54, 1.807) is 11.3 Å². The monoisotopic (exact) mass is 330 g/mol. The zero-order valence-electron chi connectivity index (χ0n) is 9.55. The number of anilines is 1. The first-order valence-electron chi connectivity index (χ1n) is 5.18. The molecule has 0 bridgehead atoms. The largest absolute Gasteiger partial charge is 0.379 e. The molecule has 5 heteroatoms. The van der Waals surface area contributed by atoms with Gasteiger partial charge in [0.2, 0.25) is 0 Å². The van der Waals surface area contributed by atoms with E-state index in [9.17, 15) is 0 Å². The second-order valence-electron chi connectivity index (χ2n) is 3.72. The molecule has 0 aliphatic carbocycles. The lowest BCUT2D eigenvalue weighted by Crippen LogP contribution is -1.99. The van der Waals surface area contributed by atoms with Gasteiger partial charge in [0.15, 0.2) is 0 Å². The Bertz CT molecular complexity index is 539. The summed E-state index contributed by atoms with van der Waals surface area (Å²) in [7, 11) is 0. The van der Waals surface area contributed by atoms with Crippen molar-refractivity contribution in [2.45, 2.75) is 20.4 Å². The lowest BCUT2D eigenvalue weighted by atomic mass is 10.3. The minimum absolute atomic E-state index is 0.730. The summed E-state index contributed by atoms with van der Waals surface area (Å²) in [6.07, 6.45) is 0. The van der Waals surface area contributed by atoms with Crippen molar-refractivity contribution in [3.8, 4) is 0 Å². The first-order chi connectivity index (χ1) is 8.06. The number of rotatable bonds is 3. The van der Waals surface area contributed by atoms with E-state index in [0.717, 1.165) is 32.4 Å². The van der Waals surface area contributed by atoms with Crippen LogP contribution in [0.5, 0.6) is 0 Å². The molecular weight excluding hydrogens is 320 g/mol. The molecule has 2 rings (SSSR count). The Balaban J connectivity index is 2.12. The first kappa shape index (κ1) is 12.9. The van der Waals surface area contributed by atoms with Gasteiger partial charge in [-0.2, -0.15) is 0 Å². The van der Waals surface area contributed by atoms with Crippen LogP contribution in [0.4, 0.5) is 5.69 Å². The van der Waals surface area contributed by atoms with Gasteiger partial charge in [0, 0.05) is 14.4 Å². The second kappa shape index (κ2) is 5.38. The van der Waals surface area contributed by atoms with Crippen LogP contribution in [0.3, 0.4) is 0 Å². The van der Waals surface area contributed by atoms with Crippen molar-refractivity contribution in [2.24, 2.45) is 0 Å². The quantitative estimate of drug-likeness (QED) is 0.875. The van der Waals surface area contributed by atoms with Gasteiger partial charge < -0.3 is 5.32 Å². The third-order valence-corrected chi connectivity index (χ3v) is 4.37. The summed E-state index contributed by atoms with van der Waals surface area (Å²) < 4.78 is 1.01. The van der Waals surface area contributed by atoms with Crippen LogP contribution in [0.2, 0.25) is 5.02 Å². The third-order valence-electron chi connectivity index (χ3n) is 2.37. The van der Waals surface area contributed by atoms with Gasteiger partial charge in [-0.05, 0) is 48.0 Å². The van der Waals surface area contributed by atoms with Crippen LogP contribution in [0.25, 0.3) is 0 Å². The average Bonchev–Trinajstić information content (AvgIpc) is 2.59. The molecule has 1 aromatic heterocycles. The molecule has 0 amide bonds. The predicted octanol–water partition coefficient (Wildman–Crippen LogP) is 4.79. The van der Waals surface area contributed by atoms with Crippen molar-refractivity contribution in [1.29, 1.82) is 0 Å². The summed E-state index contributed by atoms with van der Waals surface area (Å²) in [5.41, 5.74) is 2.10. The average molecular weight is 332 g/mol. The minimum Gasteiger partial charge on any atom is -0.379 e. The molecule has 1 aromatic carbocycles.